The Kier molecular flexibility index (Phi) is 12.0. The van der Waals surface area contributed by atoms with Gasteiger partial charge in [0.05, 0.1) is 0 Å². The number of nitrogens with one attached hydrogen (secondary N) is 2. The quantitative estimate of drug-likeness (QED) is 0.438. The molecule has 0 aliphatic heterocycles. The molecule has 0 bridgehead atoms. The van der Waals surface area contributed by atoms with Crippen molar-refractivity contribution in [1.29, 1.82) is 0 Å². The van der Waals surface area contributed by atoms with Gasteiger partial charge in [-0.2, -0.15) is 0 Å². The highest BCUT2D eigenvalue weighted by atomic mass is 16.6. The van der Waals surface area contributed by atoms with E-state index in [-0.39, 0.29) is 18.4 Å². The average molecular weight is 462 g/mol. The van der Waals surface area contributed by atoms with E-state index in [2.05, 4.69) is 24.5 Å². The number of benzene rings is 1. The second-order valence-electron chi connectivity index (χ2n) is 9.62. The fourth-order valence-corrected chi connectivity index (χ4v) is 3.62. The first-order valence-electron chi connectivity index (χ1n) is 12.1. The van der Waals surface area contributed by atoms with Crippen LogP contribution in [-0.2, 0) is 14.3 Å². The van der Waals surface area contributed by atoms with Crippen LogP contribution in [0.2, 0.25) is 0 Å². The predicted octanol–water partition coefficient (Wildman–Crippen LogP) is 4.80. The number of rotatable bonds is 12. The Balaban J connectivity index is 3.21. The van der Waals surface area contributed by atoms with Crippen LogP contribution in [0, 0.1) is 13.8 Å². The van der Waals surface area contributed by atoms with Gasteiger partial charge >= 0.3 is 6.09 Å². The highest BCUT2D eigenvalue weighted by molar-refractivity contribution is 5.90. The fourth-order valence-electron chi connectivity index (χ4n) is 3.62. The molecule has 0 aliphatic carbocycles. The minimum absolute atomic E-state index is 0.199. The second kappa shape index (κ2) is 13.9. The van der Waals surface area contributed by atoms with E-state index >= 15 is 0 Å². The minimum atomic E-state index is -0.759. The van der Waals surface area contributed by atoms with Crippen molar-refractivity contribution in [3.63, 3.8) is 0 Å². The number of carbonyl (C=O) groups is 3. The van der Waals surface area contributed by atoms with Crippen molar-refractivity contribution >= 4 is 17.9 Å². The zero-order valence-corrected chi connectivity index (χ0v) is 21.5. The average Bonchev–Trinajstić information content (AvgIpc) is 2.69. The number of ether oxygens (including phenoxy) is 1. The summed E-state index contributed by atoms with van der Waals surface area (Å²) in [6, 6.07) is 5.20. The second-order valence-corrected chi connectivity index (χ2v) is 9.62. The lowest BCUT2D eigenvalue weighted by molar-refractivity contribution is -0.140. The largest absolute Gasteiger partial charge is 0.444 e. The summed E-state index contributed by atoms with van der Waals surface area (Å²) in [6.07, 6.45) is 3.90. The molecule has 186 valence electrons. The molecule has 0 aromatic heterocycles. The molecule has 3 amide bonds. The van der Waals surface area contributed by atoms with E-state index in [0.717, 1.165) is 48.8 Å². The van der Waals surface area contributed by atoms with Gasteiger partial charge in [-0.15, -0.1) is 0 Å². The normalized spacial score (nSPS) is 12.1. The summed E-state index contributed by atoms with van der Waals surface area (Å²) >= 11 is 0. The number of unbranched alkanes of at least 4 members (excludes halogenated alkanes) is 3. The first-order valence-corrected chi connectivity index (χ1v) is 12.1. The molecule has 2 N–H and O–H groups in total. The van der Waals surface area contributed by atoms with Gasteiger partial charge in [-0.05, 0) is 53.0 Å². The van der Waals surface area contributed by atoms with Gasteiger partial charge in [-0.25, -0.2) is 4.79 Å². The molecule has 0 saturated carbocycles. The van der Waals surface area contributed by atoms with E-state index in [0.29, 0.717) is 13.1 Å². The molecule has 1 aromatic rings. The van der Waals surface area contributed by atoms with E-state index in [4.69, 9.17) is 4.74 Å². The Hall–Kier alpha value is -2.57. The van der Waals surface area contributed by atoms with Gasteiger partial charge in [0.1, 0.15) is 18.2 Å². The maximum Gasteiger partial charge on any atom is 0.408 e. The van der Waals surface area contributed by atoms with Gasteiger partial charge in [0.25, 0.3) is 0 Å². The highest BCUT2D eigenvalue weighted by Crippen LogP contribution is 2.25. The van der Waals surface area contributed by atoms with E-state index in [1.165, 1.54) is 0 Å². The van der Waals surface area contributed by atoms with E-state index in [9.17, 15) is 14.4 Å². The molecule has 0 spiro atoms. The molecule has 1 rings (SSSR count). The topological polar surface area (TPSA) is 87.7 Å². The zero-order chi connectivity index (χ0) is 25.0. The van der Waals surface area contributed by atoms with Crippen molar-refractivity contribution < 1.29 is 19.1 Å². The molecule has 1 unspecified atom stereocenters. The monoisotopic (exact) mass is 461 g/mol. The Labute approximate surface area is 199 Å². The summed E-state index contributed by atoms with van der Waals surface area (Å²) in [7, 11) is 0. The first kappa shape index (κ1) is 28.5. The smallest absolute Gasteiger partial charge is 0.408 e. The molecule has 1 atom stereocenters. The Morgan fingerprint density at radius 1 is 0.939 bits per heavy atom. The lowest BCUT2D eigenvalue weighted by Gasteiger charge is -2.32. The molecule has 0 fully saturated rings. The van der Waals surface area contributed by atoms with Crippen LogP contribution in [0.25, 0.3) is 0 Å². The third kappa shape index (κ3) is 10.7. The van der Waals surface area contributed by atoms with Gasteiger partial charge in [-0.3, -0.25) is 9.59 Å². The molecule has 1 aromatic carbocycles. The lowest BCUT2D eigenvalue weighted by Crippen LogP contribution is -2.48. The van der Waals surface area contributed by atoms with Crippen molar-refractivity contribution in [2.45, 2.75) is 92.2 Å². The number of aryl methyl sites for hydroxylation is 2. The SMILES string of the molecule is CCCCCN(C(=O)CNC(=O)OC(C)(C)C)C(C(=O)NCCCC)c1cc(C)cc(C)c1. The van der Waals surface area contributed by atoms with E-state index < -0.39 is 17.7 Å². The van der Waals surface area contributed by atoms with Gasteiger partial charge < -0.3 is 20.3 Å². The van der Waals surface area contributed by atoms with E-state index in [1.807, 2.05) is 32.0 Å². The molecule has 7 heteroatoms. The summed E-state index contributed by atoms with van der Waals surface area (Å²) in [4.78, 5) is 40.3. The van der Waals surface area contributed by atoms with Gasteiger partial charge in [0.2, 0.25) is 11.8 Å². The van der Waals surface area contributed by atoms with Crippen molar-refractivity contribution in [3.8, 4) is 0 Å². The fraction of sp³-hybridized carbons (Fsp3) is 0.654. The molecular formula is C26H43N3O4. The molecular weight excluding hydrogens is 418 g/mol. The Bertz CT molecular complexity index is 766. The predicted molar refractivity (Wildman–Crippen MR) is 132 cm³/mol. The van der Waals surface area contributed by atoms with Gasteiger partial charge in [-0.1, -0.05) is 62.4 Å². The third-order valence-corrected chi connectivity index (χ3v) is 5.06. The first-order chi connectivity index (χ1) is 15.5. The van der Waals surface area contributed by atoms with Crippen molar-refractivity contribution in [2.24, 2.45) is 0 Å². The number of alkyl carbamates (subject to hydrolysis) is 1. The maximum atomic E-state index is 13.3. The molecule has 7 nitrogen and oxygen atoms in total. The minimum Gasteiger partial charge on any atom is -0.444 e. The number of nitrogens with zero attached hydrogens (tertiary/aromatic N) is 1. The van der Waals surface area contributed by atoms with Gasteiger partial charge in [0, 0.05) is 13.1 Å². The molecule has 0 aliphatic rings. The highest BCUT2D eigenvalue weighted by Gasteiger charge is 2.31. The zero-order valence-electron chi connectivity index (χ0n) is 21.5. The summed E-state index contributed by atoms with van der Waals surface area (Å²) < 4.78 is 5.26. The Morgan fingerprint density at radius 2 is 1.55 bits per heavy atom. The number of amides is 3. The Morgan fingerprint density at radius 3 is 2.09 bits per heavy atom. The molecule has 33 heavy (non-hydrogen) atoms. The lowest BCUT2D eigenvalue weighted by atomic mass is 9.98. The summed E-state index contributed by atoms with van der Waals surface area (Å²) in [5.74, 6) is -0.512. The molecule has 0 saturated heterocycles. The standard InChI is InChI=1S/C26H43N3O4/c1-8-10-12-14-29(22(30)18-28-25(32)33-26(5,6)7)23(24(31)27-13-11-9-2)21-16-19(3)15-20(4)17-21/h15-17,23H,8-14,18H2,1-7H3,(H,27,31)(H,28,32). The van der Waals surface area contributed by atoms with Crippen LogP contribution in [-0.4, -0.2) is 48.0 Å². The van der Waals surface area contributed by atoms with Crippen molar-refractivity contribution in [2.75, 3.05) is 19.6 Å². The summed E-state index contributed by atoms with van der Waals surface area (Å²) in [5.41, 5.74) is 2.19. The van der Waals surface area contributed by atoms with Crippen molar-refractivity contribution in [3.05, 3.63) is 34.9 Å². The van der Waals surface area contributed by atoms with Crippen LogP contribution in [0.4, 0.5) is 4.79 Å². The van der Waals surface area contributed by atoms with Crippen LogP contribution >= 0.6 is 0 Å². The van der Waals surface area contributed by atoms with Crippen LogP contribution < -0.4 is 10.6 Å². The van der Waals surface area contributed by atoms with Crippen LogP contribution in [0.3, 0.4) is 0 Å². The van der Waals surface area contributed by atoms with Crippen LogP contribution in [0.5, 0.6) is 0 Å². The maximum absolute atomic E-state index is 13.3. The number of hydrogen-bond acceptors (Lipinski definition) is 4. The molecule has 0 radical (unpaired) electrons. The number of hydrogen-bond donors (Lipinski definition) is 2. The van der Waals surface area contributed by atoms with Gasteiger partial charge in [0.15, 0.2) is 0 Å². The van der Waals surface area contributed by atoms with Crippen LogP contribution in [0.15, 0.2) is 18.2 Å². The van der Waals surface area contributed by atoms with E-state index in [1.54, 1.807) is 25.7 Å². The van der Waals surface area contributed by atoms with Crippen LogP contribution in [0.1, 0.15) is 89.5 Å². The third-order valence-electron chi connectivity index (χ3n) is 5.06. The summed E-state index contributed by atoms with van der Waals surface area (Å²) in [6.45, 7) is 14.2. The number of carbonyl (C=O) groups excluding carboxylic acids is 3. The summed E-state index contributed by atoms with van der Waals surface area (Å²) in [5, 5.41) is 5.54. The van der Waals surface area contributed by atoms with Crippen molar-refractivity contribution in [1.82, 2.24) is 15.5 Å². The molecule has 0 heterocycles.